The number of hydrogen-bond acceptors (Lipinski definition) is 4. The smallest absolute Gasteiger partial charge is 0.297 e. The minimum atomic E-state index is -3.64. The third-order valence-corrected chi connectivity index (χ3v) is 3.28. The van der Waals surface area contributed by atoms with Gasteiger partial charge in [0.25, 0.3) is 10.1 Å². The minimum absolute atomic E-state index is 0.122. The van der Waals surface area contributed by atoms with Crippen molar-refractivity contribution in [2.75, 3.05) is 12.3 Å². The van der Waals surface area contributed by atoms with E-state index in [9.17, 15) is 8.42 Å². The molecule has 0 saturated carbocycles. The van der Waals surface area contributed by atoms with Gasteiger partial charge in [-0.25, -0.2) is 0 Å². The predicted octanol–water partition coefficient (Wildman–Crippen LogP) is 1.30. The summed E-state index contributed by atoms with van der Waals surface area (Å²) in [6.07, 6.45) is 0. The Labute approximate surface area is 83.8 Å². The highest BCUT2D eigenvalue weighted by molar-refractivity contribution is 7.86. The Hall–Kier alpha value is -1.07. The lowest BCUT2D eigenvalue weighted by atomic mass is 10.2. The first kappa shape index (κ1) is 11.0. The molecule has 1 aromatic rings. The largest absolute Gasteiger partial charge is 0.399 e. The molecule has 1 aromatic carbocycles. The van der Waals surface area contributed by atoms with Crippen LogP contribution in [0.1, 0.15) is 12.5 Å². The summed E-state index contributed by atoms with van der Waals surface area (Å²) in [7, 11) is -3.64. The number of anilines is 1. The maximum atomic E-state index is 11.5. The van der Waals surface area contributed by atoms with Crippen LogP contribution in [0.4, 0.5) is 5.69 Å². The van der Waals surface area contributed by atoms with E-state index in [0.717, 1.165) is 0 Å². The van der Waals surface area contributed by atoms with Crippen LogP contribution < -0.4 is 5.73 Å². The van der Waals surface area contributed by atoms with Gasteiger partial charge in [-0.3, -0.25) is 4.18 Å². The van der Waals surface area contributed by atoms with E-state index < -0.39 is 10.1 Å². The maximum absolute atomic E-state index is 11.5. The molecule has 0 radical (unpaired) electrons. The normalized spacial score (nSPS) is 11.6. The molecule has 0 aliphatic heterocycles. The molecule has 78 valence electrons. The van der Waals surface area contributed by atoms with Crippen molar-refractivity contribution in [2.45, 2.75) is 18.7 Å². The molecule has 0 spiro atoms. The summed E-state index contributed by atoms with van der Waals surface area (Å²) in [5.41, 5.74) is 6.54. The van der Waals surface area contributed by atoms with Crippen molar-refractivity contribution in [3.8, 4) is 0 Å². The predicted molar refractivity (Wildman–Crippen MR) is 54.4 cm³/mol. The van der Waals surface area contributed by atoms with Gasteiger partial charge in [0.15, 0.2) is 0 Å². The Bertz CT molecular complexity index is 426. The number of nitrogens with two attached hydrogens (primary N) is 1. The molecule has 0 unspecified atom stereocenters. The summed E-state index contributed by atoms with van der Waals surface area (Å²) in [5, 5.41) is 0. The molecular formula is C9H13NO3S. The van der Waals surface area contributed by atoms with Gasteiger partial charge < -0.3 is 5.73 Å². The van der Waals surface area contributed by atoms with E-state index in [1.54, 1.807) is 26.0 Å². The molecule has 0 amide bonds. The van der Waals surface area contributed by atoms with Gasteiger partial charge in [0, 0.05) is 5.69 Å². The lowest BCUT2D eigenvalue weighted by molar-refractivity contribution is 0.338. The van der Waals surface area contributed by atoms with Crippen molar-refractivity contribution in [3.63, 3.8) is 0 Å². The highest BCUT2D eigenvalue weighted by atomic mass is 32.2. The fourth-order valence-corrected chi connectivity index (χ4v) is 2.28. The monoisotopic (exact) mass is 215 g/mol. The standard InChI is InChI=1S/C9H13NO3S/c1-3-13-14(11,12)9-6-8(10)5-4-7(9)2/h4-6H,3,10H2,1-2H3. The Balaban J connectivity index is 3.25. The second kappa shape index (κ2) is 3.98. The molecule has 4 nitrogen and oxygen atoms in total. The van der Waals surface area contributed by atoms with Crippen molar-refractivity contribution in [1.82, 2.24) is 0 Å². The van der Waals surface area contributed by atoms with E-state index in [0.29, 0.717) is 11.3 Å². The number of aryl methyl sites for hydroxylation is 1. The molecule has 1 rings (SSSR count). The van der Waals surface area contributed by atoms with Gasteiger partial charge in [0.2, 0.25) is 0 Å². The molecule has 14 heavy (non-hydrogen) atoms. The average molecular weight is 215 g/mol. The van der Waals surface area contributed by atoms with E-state index in [2.05, 4.69) is 4.18 Å². The maximum Gasteiger partial charge on any atom is 0.297 e. The molecule has 0 aliphatic carbocycles. The highest BCUT2D eigenvalue weighted by Crippen LogP contribution is 2.20. The van der Waals surface area contributed by atoms with E-state index in [1.165, 1.54) is 6.07 Å². The van der Waals surface area contributed by atoms with Crippen molar-refractivity contribution >= 4 is 15.8 Å². The first-order chi connectivity index (χ1) is 6.47. The quantitative estimate of drug-likeness (QED) is 0.609. The summed E-state index contributed by atoms with van der Waals surface area (Å²) in [6.45, 7) is 3.45. The first-order valence-corrected chi connectivity index (χ1v) is 5.63. The van der Waals surface area contributed by atoms with Gasteiger partial charge in [-0.2, -0.15) is 8.42 Å². The fourth-order valence-electron chi connectivity index (χ4n) is 1.10. The summed E-state index contributed by atoms with van der Waals surface area (Å²) in [5.74, 6) is 0. The van der Waals surface area contributed by atoms with Crippen LogP contribution in [0.5, 0.6) is 0 Å². The summed E-state index contributed by atoms with van der Waals surface area (Å²) in [6, 6.07) is 4.71. The minimum Gasteiger partial charge on any atom is -0.399 e. The molecule has 0 aliphatic rings. The number of benzene rings is 1. The zero-order valence-electron chi connectivity index (χ0n) is 8.15. The zero-order valence-corrected chi connectivity index (χ0v) is 8.97. The third-order valence-electron chi connectivity index (χ3n) is 1.75. The van der Waals surface area contributed by atoms with Crippen LogP contribution >= 0.6 is 0 Å². The van der Waals surface area contributed by atoms with Gasteiger partial charge >= 0.3 is 0 Å². The highest BCUT2D eigenvalue weighted by Gasteiger charge is 2.16. The van der Waals surface area contributed by atoms with Gasteiger partial charge in [-0.05, 0) is 31.5 Å². The Kier molecular flexibility index (Phi) is 3.13. The molecule has 0 aromatic heterocycles. The SMILES string of the molecule is CCOS(=O)(=O)c1cc(N)ccc1C. The molecule has 0 heterocycles. The summed E-state index contributed by atoms with van der Waals surface area (Å²) < 4.78 is 27.7. The van der Waals surface area contributed by atoms with Gasteiger partial charge in [0.05, 0.1) is 11.5 Å². The number of rotatable bonds is 3. The molecule has 0 atom stereocenters. The van der Waals surface area contributed by atoms with Crippen LogP contribution in [0.2, 0.25) is 0 Å². The van der Waals surface area contributed by atoms with E-state index in [-0.39, 0.29) is 11.5 Å². The zero-order chi connectivity index (χ0) is 10.8. The van der Waals surface area contributed by atoms with Crippen LogP contribution in [0.25, 0.3) is 0 Å². The van der Waals surface area contributed by atoms with Crippen molar-refractivity contribution in [2.24, 2.45) is 0 Å². The Morgan fingerprint density at radius 3 is 2.64 bits per heavy atom. The van der Waals surface area contributed by atoms with Crippen molar-refractivity contribution in [3.05, 3.63) is 23.8 Å². The second-order valence-electron chi connectivity index (χ2n) is 2.89. The van der Waals surface area contributed by atoms with Gasteiger partial charge in [-0.1, -0.05) is 6.07 Å². The van der Waals surface area contributed by atoms with Gasteiger partial charge in [-0.15, -0.1) is 0 Å². The van der Waals surface area contributed by atoms with E-state index in [1.807, 2.05) is 0 Å². The average Bonchev–Trinajstić information content (AvgIpc) is 2.09. The topological polar surface area (TPSA) is 69.4 Å². The fraction of sp³-hybridized carbons (Fsp3) is 0.333. The molecule has 5 heteroatoms. The Morgan fingerprint density at radius 2 is 2.07 bits per heavy atom. The number of nitrogen functional groups attached to an aromatic ring is 1. The lowest BCUT2D eigenvalue weighted by Crippen LogP contribution is -2.08. The molecular weight excluding hydrogens is 202 g/mol. The second-order valence-corrected chi connectivity index (χ2v) is 4.47. The molecule has 0 saturated heterocycles. The van der Waals surface area contributed by atoms with Crippen molar-refractivity contribution in [1.29, 1.82) is 0 Å². The van der Waals surface area contributed by atoms with Gasteiger partial charge in [0.1, 0.15) is 0 Å². The van der Waals surface area contributed by atoms with Crippen LogP contribution in [0, 0.1) is 6.92 Å². The van der Waals surface area contributed by atoms with Crippen molar-refractivity contribution < 1.29 is 12.6 Å². The lowest BCUT2D eigenvalue weighted by Gasteiger charge is -2.07. The molecule has 2 N–H and O–H groups in total. The summed E-state index contributed by atoms with van der Waals surface area (Å²) >= 11 is 0. The first-order valence-electron chi connectivity index (χ1n) is 4.23. The molecule has 0 bridgehead atoms. The summed E-state index contributed by atoms with van der Waals surface area (Å²) in [4.78, 5) is 0.138. The van der Waals surface area contributed by atoms with Crippen LogP contribution in [-0.4, -0.2) is 15.0 Å². The molecule has 0 fully saturated rings. The van der Waals surface area contributed by atoms with Crippen LogP contribution in [0.3, 0.4) is 0 Å². The van der Waals surface area contributed by atoms with Crippen LogP contribution in [-0.2, 0) is 14.3 Å². The Morgan fingerprint density at radius 1 is 1.43 bits per heavy atom. The van der Waals surface area contributed by atoms with E-state index in [4.69, 9.17) is 5.73 Å². The van der Waals surface area contributed by atoms with E-state index >= 15 is 0 Å². The third kappa shape index (κ3) is 2.24. The van der Waals surface area contributed by atoms with Crippen LogP contribution in [0.15, 0.2) is 23.1 Å². The number of hydrogen-bond donors (Lipinski definition) is 1.